The number of hydrogen-bond acceptors (Lipinski definition) is 5. The van der Waals surface area contributed by atoms with Crippen LogP contribution in [0.5, 0.6) is 0 Å². The van der Waals surface area contributed by atoms with Crippen molar-refractivity contribution in [2.45, 2.75) is 58.3 Å². The highest BCUT2D eigenvalue weighted by molar-refractivity contribution is 5.85. The number of hydrogen-bond donors (Lipinski definition) is 1. The van der Waals surface area contributed by atoms with Crippen LogP contribution in [0.3, 0.4) is 0 Å². The summed E-state index contributed by atoms with van der Waals surface area (Å²) in [5.41, 5.74) is -1.74. The second-order valence-corrected chi connectivity index (χ2v) is 6.14. The van der Waals surface area contributed by atoms with E-state index in [1.807, 2.05) is 0 Å². The second kappa shape index (κ2) is 5.77. The molecular weight excluding hydrogens is 250 g/mol. The molecule has 0 bridgehead atoms. The first-order valence-electron chi connectivity index (χ1n) is 6.40. The first kappa shape index (κ1) is 15.8. The van der Waals surface area contributed by atoms with Crippen molar-refractivity contribution in [1.82, 2.24) is 5.32 Å². The van der Waals surface area contributed by atoms with Gasteiger partial charge in [0.05, 0.1) is 13.2 Å². The van der Waals surface area contributed by atoms with Crippen LogP contribution in [0.2, 0.25) is 0 Å². The van der Waals surface area contributed by atoms with Crippen LogP contribution in [0.4, 0.5) is 4.79 Å². The summed E-state index contributed by atoms with van der Waals surface area (Å²) in [6, 6.07) is 0. The third-order valence-electron chi connectivity index (χ3n) is 2.49. The molecule has 0 aromatic rings. The van der Waals surface area contributed by atoms with Gasteiger partial charge in [-0.3, -0.25) is 0 Å². The minimum absolute atomic E-state index is 0.229. The maximum absolute atomic E-state index is 12.0. The fraction of sp³-hybridized carbons (Fsp3) is 0.846. The molecule has 6 heteroatoms. The van der Waals surface area contributed by atoms with Crippen molar-refractivity contribution < 1.29 is 23.8 Å². The molecule has 1 atom stereocenters. The van der Waals surface area contributed by atoms with Gasteiger partial charge >= 0.3 is 12.1 Å². The number of nitrogens with one attached hydrogen (secondary N) is 1. The number of ether oxygens (including phenoxy) is 3. The van der Waals surface area contributed by atoms with Gasteiger partial charge in [0.1, 0.15) is 17.2 Å². The van der Waals surface area contributed by atoms with Crippen LogP contribution >= 0.6 is 0 Å². The molecule has 1 amide bonds. The zero-order valence-corrected chi connectivity index (χ0v) is 12.2. The van der Waals surface area contributed by atoms with Gasteiger partial charge in [0.25, 0.3) is 0 Å². The summed E-state index contributed by atoms with van der Waals surface area (Å²) in [5.74, 6) is -0.492. The molecule has 0 spiro atoms. The standard InChI is InChI=1S/C13H23NO5/c1-12(2,3)19-11(16)14-13(4,5)10(15)18-9-6-7-17-8-9/h9H,6-8H2,1-5H3,(H,14,16)/t9-/m1/s1. The van der Waals surface area contributed by atoms with Gasteiger partial charge in [0.15, 0.2) is 0 Å². The fourth-order valence-corrected chi connectivity index (χ4v) is 1.51. The third-order valence-corrected chi connectivity index (χ3v) is 2.49. The molecule has 1 heterocycles. The van der Waals surface area contributed by atoms with E-state index in [2.05, 4.69) is 5.32 Å². The van der Waals surface area contributed by atoms with Gasteiger partial charge in [-0.2, -0.15) is 0 Å². The lowest BCUT2D eigenvalue weighted by Gasteiger charge is -2.27. The predicted octanol–water partition coefficient (Wildman–Crippen LogP) is 1.62. The molecule has 1 aliphatic rings. The monoisotopic (exact) mass is 273 g/mol. The van der Waals surface area contributed by atoms with Crippen molar-refractivity contribution in [2.75, 3.05) is 13.2 Å². The van der Waals surface area contributed by atoms with Crippen molar-refractivity contribution in [3.05, 3.63) is 0 Å². The predicted molar refractivity (Wildman–Crippen MR) is 68.8 cm³/mol. The minimum atomic E-state index is -1.13. The van der Waals surface area contributed by atoms with E-state index in [1.165, 1.54) is 0 Å². The summed E-state index contributed by atoms with van der Waals surface area (Å²) in [7, 11) is 0. The Morgan fingerprint density at radius 1 is 1.21 bits per heavy atom. The van der Waals surface area contributed by atoms with Gasteiger partial charge in [0, 0.05) is 6.42 Å². The molecule has 0 unspecified atom stereocenters. The lowest BCUT2D eigenvalue weighted by Crippen LogP contribution is -2.52. The van der Waals surface area contributed by atoms with E-state index in [0.717, 1.165) is 0 Å². The van der Waals surface area contributed by atoms with E-state index in [0.29, 0.717) is 19.6 Å². The quantitative estimate of drug-likeness (QED) is 0.791. The average molecular weight is 273 g/mol. The molecule has 1 rings (SSSR count). The summed E-state index contributed by atoms with van der Waals surface area (Å²) in [6.07, 6.45) is -0.182. The molecule has 0 aliphatic carbocycles. The Balaban J connectivity index is 2.49. The van der Waals surface area contributed by atoms with Crippen molar-refractivity contribution in [3.63, 3.8) is 0 Å². The van der Waals surface area contributed by atoms with Gasteiger partial charge in [-0.25, -0.2) is 9.59 Å². The van der Waals surface area contributed by atoms with Gasteiger partial charge < -0.3 is 19.5 Å². The Hall–Kier alpha value is -1.30. The van der Waals surface area contributed by atoms with Crippen LogP contribution in [0.15, 0.2) is 0 Å². The van der Waals surface area contributed by atoms with Gasteiger partial charge in [-0.1, -0.05) is 0 Å². The zero-order valence-electron chi connectivity index (χ0n) is 12.2. The molecule has 1 fully saturated rings. The Morgan fingerprint density at radius 2 is 1.84 bits per heavy atom. The smallest absolute Gasteiger partial charge is 0.408 e. The fourth-order valence-electron chi connectivity index (χ4n) is 1.51. The minimum Gasteiger partial charge on any atom is -0.458 e. The molecule has 0 saturated carbocycles. The summed E-state index contributed by atoms with van der Waals surface area (Å²) < 4.78 is 15.5. The lowest BCUT2D eigenvalue weighted by atomic mass is 10.1. The molecule has 19 heavy (non-hydrogen) atoms. The van der Waals surface area contributed by atoms with Crippen LogP contribution < -0.4 is 5.32 Å². The third kappa shape index (κ3) is 5.46. The largest absolute Gasteiger partial charge is 0.458 e. The highest BCUT2D eigenvalue weighted by Gasteiger charge is 2.35. The highest BCUT2D eigenvalue weighted by Crippen LogP contribution is 2.14. The van der Waals surface area contributed by atoms with E-state index < -0.39 is 23.2 Å². The number of carbonyl (C=O) groups is 2. The zero-order chi connectivity index (χ0) is 14.7. The summed E-state index contributed by atoms with van der Waals surface area (Å²) in [4.78, 5) is 23.6. The van der Waals surface area contributed by atoms with E-state index in [9.17, 15) is 9.59 Å². The number of amides is 1. The topological polar surface area (TPSA) is 73.9 Å². The molecule has 6 nitrogen and oxygen atoms in total. The van der Waals surface area contributed by atoms with Crippen LogP contribution in [-0.4, -0.2) is 42.5 Å². The van der Waals surface area contributed by atoms with Crippen molar-refractivity contribution in [2.24, 2.45) is 0 Å². The second-order valence-electron chi connectivity index (χ2n) is 6.14. The van der Waals surface area contributed by atoms with Crippen LogP contribution in [0.25, 0.3) is 0 Å². The number of rotatable bonds is 3. The maximum Gasteiger partial charge on any atom is 0.408 e. The highest BCUT2D eigenvalue weighted by atomic mass is 16.6. The number of carbonyl (C=O) groups excluding carboxylic acids is 2. The molecule has 1 aliphatic heterocycles. The molecule has 1 N–H and O–H groups in total. The van der Waals surface area contributed by atoms with Crippen LogP contribution in [-0.2, 0) is 19.0 Å². The molecule has 1 saturated heterocycles. The van der Waals surface area contributed by atoms with Crippen LogP contribution in [0, 0.1) is 0 Å². The Morgan fingerprint density at radius 3 is 2.32 bits per heavy atom. The normalized spacial score (nSPS) is 19.9. The van der Waals surface area contributed by atoms with Gasteiger partial charge in [0.2, 0.25) is 0 Å². The first-order valence-corrected chi connectivity index (χ1v) is 6.40. The van der Waals surface area contributed by atoms with E-state index in [1.54, 1.807) is 34.6 Å². The maximum atomic E-state index is 12.0. The number of esters is 1. The molecule has 110 valence electrons. The SMILES string of the molecule is CC(C)(C)OC(=O)NC(C)(C)C(=O)O[C@@H]1CCOC1. The Bertz CT molecular complexity index is 339. The number of alkyl carbamates (subject to hydrolysis) is 1. The van der Waals surface area contributed by atoms with Crippen LogP contribution in [0.1, 0.15) is 41.0 Å². The first-order chi connectivity index (χ1) is 8.60. The van der Waals surface area contributed by atoms with Crippen molar-refractivity contribution in [1.29, 1.82) is 0 Å². The summed E-state index contributed by atoms with van der Waals surface area (Å²) >= 11 is 0. The molecular formula is C13H23NO5. The Kier molecular flexibility index (Phi) is 4.79. The average Bonchev–Trinajstić information content (AvgIpc) is 2.65. The molecule has 0 radical (unpaired) electrons. The molecule has 0 aromatic carbocycles. The van der Waals surface area contributed by atoms with Crippen molar-refractivity contribution >= 4 is 12.1 Å². The van der Waals surface area contributed by atoms with Gasteiger partial charge in [-0.15, -0.1) is 0 Å². The summed E-state index contributed by atoms with van der Waals surface area (Å²) in [5, 5.41) is 2.51. The Labute approximate surface area is 113 Å². The summed E-state index contributed by atoms with van der Waals surface area (Å²) in [6.45, 7) is 9.44. The van der Waals surface area contributed by atoms with Crippen molar-refractivity contribution in [3.8, 4) is 0 Å². The van der Waals surface area contributed by atoms with E-state index in [-0.39, 0.29) is 6.10 Å². The van der Waals surface area contributed by atoms with E-state index in [4.69, 9.17) is 14.2 Å². The van der Waals surface area contributed by atoms with Gasteiger partial charge in [-0.05, 0) is 34.6 Å². The van der Waals surface area contributed by atoms with E-state index >= 15 is 0 Å². The molecule has 0 aromatic heterocycles. The lowest BCUT2D eigenvalue weighted by molar-refractivity contribution is -0.155.